The smallest absolute Gasteiger partial charge is 0.274 e. The number of benzene rings is 1. The first-order valence-corrected chi connectivity index (χ1v) is 10.5. The molecule has 32 heavy (non-hydrogen) atoms. The first-order valence-electron chi connectivity index (χ1n) is 10.5. The lowest BCUT2D eigenvalue weighted by Crippen LogP contribution is -2.37. The maximum absolute atomic E-state index is 12.8. The molecule has 2 aliphatic rings. The highest BCUT2D eigenvalue weighted by molar-refractivity contribution is 6.35. The van der Waals surface area contributed by atoms with E-state index in [9.17, 15) is 4.79 Å². The van der Waals surface area contributed by atoms with Gasteiger partial charge in [0.05, 0.1) is 11.4 Å². The maximum Gasteiger partial charge on any atom is 0.274 e. The number of fused-ring (bicyclic) bond motifs is 2. The summed E-state index contributed by atoms with van der Waals surface area (Å²) in [6.45, 7) is 0.958. The van der Waals surface area contributed by atoms with Gasteiger partial charge < -0.3 is 15.6 Å². The normalized spacial score (nSPS) is 15.1. The molecule has 1 aromatic carbocycles. The maximum atomic E-state index is 12.8. The van der Waals surface area contributed by atoms with Crippen molar-refractivity contribution >= 4 is 23.8 Å². The second kappa shape index (κ2) is 8.26. The van der Waals surface area contributed by atoms with E-state index in [0.29, 0.717) is 31.5 Å². The molecule has 3 N–H and O–H groups in total. The van der Waals surface area contributed by atoms with E-state index in [0.717, 1.165) is 30.3 Å². The third-order valence-corrected chi connectivity index (χ3v) is 5.91. The molecule has 3 aromatic rings. The van der Waals surface area contributed by atoms with E-state index in [1.165, 1.54) is 17.2 Å². The van der Waals surface area contributed by atoms with Crippen molar-refractivity contribution < 1.29 is 4.79 Å². The molecule has 0 saturated carbocycles. The highest BCUT2D eigenvalue weighted by Crippen LogP contribution is 2.25. The average Bonchev–Trinajstić information content (AvgIpc) is 3.25. The van der Waals surface area contributed by atoms with Crippen molar-refractivity contribution in [3.8, 4) is 0 Å². The molecule has 3 heterocycles. The number of carbonyl (C=O) groups excluding carboxylic acids is 1. The minimum atomic E-state index is -0.220. The van der Waals surface area contributed by atoms with Crippen LogP contribution in [0.25, 0.3) is 0 Å². The third-order valence-electron chi connectivity index (χ3n) is 5.91. The van der Waals surface area contributed by atoms with Crippen LogP contribution in [-0.4, -0.2) is 55.5 Å². The number of hydrogen-bond acceptors (Lipinski definition) is 8. The third kappa shape index (κ3) is 3.84. The van der Waals surface area contributed by atoms with Gasteiger partial charge in [0.2, 0.25) is 5.95 Å². The van der Waals surface area contributed by atoms with Crippen molar-refractivity contribution in [1.82, 2.24) is 25.1 Å². The molecule has 9 nitrogen and oxygen atoms in total. The fourth-order valence-corrected chi connectivity index (χ4v) is 4.23. The van der Waals surface area contributed by atoms with Gasteiger partial charge in [-0.15, -0.1) is 10.2 Å². The van der Waals surface area contributed by atoms with Crippen molar-refractivity contribution in [3.63, 3.8) is 0 Å². The van der Waals surface area contributed by atoms with Crippen molar-refractivity contribution in [2.24, 2.45) is 0 Å². The molecule has 0 atom stereocenters. The molecule has 1 aliphatic carbocycles. The van der Waals surface area contributed by atoms with Crippen LogP contribution in [-0.2, 0) is 25.8 Å². The Labute approximate surface area is 185 Å². The van der Waals surface area contributed by atoms with Gasteiger partial charge in [0.25, 0.3) is 5.91 Å². The Balaban J connectivity index is 1.24. The van der Waals surface area contributed by atoms with Gasteiger partial charge in [-0.05, 0) is 36.1 Å². The molecule has 0 bridgehead atoms. The summed E-state index contributed by atoms with van der Waals surface area (Å²) >= 11 is 0. The van der Waals surface area contributed by atoms with Gasteiger partial charge in [0, 0.05) is 43.5 Å². The number of aromatic nitrogens is 4. The molecule has 5 rings (SSSR count). The quantitative estimate of drug-likeness (QED) is 0.535. The van der Waals surface area contributed by atoms with Gasteiger partial charge in [0.15, 0.2) is 5.69 Å². The largest absolute Gasteiger partial charge is 0.351 e. The fraction of sp³-hybridized carbons (Fsp3) is 0.261. The van der Waals surface area contributed by atoms with Crippen LogP contribution in [0.5, 0.6) is 0 Å². The fourth-order valence-electron chi connectivity index (χ4n) is 4.23. The zero-order valence-electron chi connectivity index (χ0n) is 17.4. The molecular formula is C23H22N8O. The minimum Gasteiger partial charge on any atom is -0.351 e. The zero-order chi connectivity index (χ0) is 22.1. The van der Waals surface area contributed by atoms with Crippen molar-refractivity contribution in [2.45, 2.75) is 31.8 Å². The van der Waals surface area contributed by atoms with Crippen LogP contribution in [0.3, 0.4) is 0 Å². The Hall–Kier alpha value is -4.01. The Morgan fingerprint density at radius 3 is 2.47 bits per heavy atom. The highest BCUT2D eigenvalue weighted by Gasteiger charge is 2.26. The number of anilines is 1. The second-order valence-corrected chi connectivity index (χ2v) is 8.02. The number of carbonyl (C=O) groups is 1. The monoisotopic (exact) mass is 426 g/mol. The molecule has 0 radical (unpaired) electrons. The summed E-state index contributed by atoms with van der Waals surface area (Å²) in [5.41, 5.74) is 5.08. The second-order valence-electron chi connectivity index (χ2n) is 8.02. The van der Waals surface area contributed by atoms with E-state index in [4.69, 9.17) is 15.8 Å². The summed E-state index contributed by atoms with van der Waals surface area (Å²) in [6.07, 6.45) is 5.28. The van der Waals surface area contributed by atoms with Crippen molar-refractivity contribution in [3.05, 3.63) is 76.4 Å². The molecule has 160 valence electrons. The molecule has 9 heteroatoms. The molecule has 1 amide bonds. The van der Waals surface area contributed by atoms with Gasteiger partial charge in [-0.2, -0.15) is 0 Å². The van der Waals surface area contributed by atoms with Crippen LogP contribution in [0.2, 0.25) is 0 Å². The molecule has 0 fully saturated rings. The first-order chi connectivity index (χ1) is 15.6. The number of hydrogen-bond donors (Lipinski definition) is 3. The first kappa shape index (κ1) is 19.9. The van der Waals surface area contributed by atoms with Gasteiger partial charge >= 0.3 is 0 Å². The molecule has 0 unspecified atom stereocenters. The molecule has 0 saturated heterocycles. The standard InChI is InChI=1S/C23H22N8O/c24-11-18(25)20-5-6-21(30-29-20)22(32)31-8-7-19-16(13-31)12-26-23(28-19)27-17-9-14-3-1-2-4-15(14)10-17/h1-6,11-12,17,24-25H,7-10,13H2,(H,26,27,28). The Morgan fingerprint density at radius 2 is 1.78 bits per heavy atom. The summed E-state index contributed by atoms with van der Waals surface area (Å²) in [4.78, 5) is 23.7. The van der Waals surface area contributed by atoms with Gasteiger partial charge in [-0.3, -0.25) is 10.2 Å². The lowest BCUT2D eigenvalue weighted by Gasteiger charge is -2.28. The number of nitrogens with one attached hydrogen (secondary N) is 3. The van der Waals surface area contributed by atoms with Crippen LogP contribution in [0, 0.1) is 10.8 Å². The van der Waals surface area contributed by atoms with E-state index >= 15 is 0 Å². The molecule has 2 aromatic heterocycles. The van der Waals surface area contributed by atoms with E-state index in [2.05, 4.69) is 44.8 Å². The number of amides is 1. The lowest BCUT2D eigenvalue weighted by molar-refractivity contribution is 0.0726. The van der Waals surface area contributed by atoms with Crippen LogP contribution in [0.4, 0.5) is 5.95 Å². The van der Waals surface area contributed by atoms with E-state index in [1.807, 2.05) is 0 Å². The Kier molecular flexibility index (Phi) is 5.14. The predicted octanol–water partition coefficient (Wildman–Crippen LogP) is 2.06. The van der Waals surface area contributed by atoms with E-state index < -0.39 is 0 Å². The van der Waals surface area contributed by atoms with Crippen LogP contribution in [0.1, 0.15) is 38.6 Å². The Bertz CT molecular complexity index is 1180. The van der Waals surface area contributed by atoms with Crippen LogP contribution in [0.15, 0.2) is 42.6 Å². The summed E-state index contributed by atoms with van der Waals surface area (Å²) < 4.78 is 0. The summed E-state index contributed by atoms with van der Waals surface area (Å²) in [5, 5.41) is 26.0. The van der Waals surface area contributed by atoms with E-state index in [-0.39, 0.29) is 23.0 Å². The van der Waals surface area contributed by atoms with Gasteiger partial charge in [-0.1, -0.05) is 24.3 Å². The molecule has 0 spiro atoms. The topological polar surface area (TPSA) is 132 Å². The lowest BCUT2D eigenvalue weighted by atomic mass is 10.1. The molecule has 1 aliphatic heterocycles. The summed E-state index contributed by atoms with van der Waals surface area (Å²) in [5.74, 6) is 0.415. The summed E-state index contributed by atoms with van der Waals surface area (Å²) in [7, 11) is 0. The average molecular weight is 426 g/mol. The van der Waals surface area contributed by atoms with E-state index in [1.54, 1.807) is 17.2 Å². The van der Waals surface area contributed by atoms with Crippen molar-refractivity contribution in [2.75, 3.05) is 11.9 Å². The zero-order valence-corrected chi connectivity index (χ0v) is 17.4. The van der Waals surface area contributed by atoms with Gasteiger partial charge in [-0.25, -0.2) is 9.97 Å². The van der Waals surface area contributed by atoms with Crippen molar-refractivity contribution in [1.29, 1.82) is 10.8 Å². The SMILES string of the molecule is N=CC(=N)c1ccc(C(=O)N2CCc3nc(NC4Cc5ccccc5C4)ncc3C2)nn1. The Morgan fingerprint density at radius 1 is 1.06 bits per heavy atom. The number of rotatable bonds is 5. The van der Waals surface area contributed by atoms with Gasteiger partial charge in [0.1, 0.15) is 5.69 Å². The van der Waals surface area contributed by atoms with Crippen LogP contribution >= 0.6 is 0 Å². The predicted molar refractivity (Wildman–Crippen MR) is 119 cm³/mol. The van der Waals surface area contributed by atoms with Crippen LogP contribution < -0.4 is 5.32 Å². The summed E-state index contributed by atoms with van der Waals surface area (Å²) in [6, 6.07) is 11.9. The molecular weight excluding hydrogens is 404 g/mol. The highest BCUT2D eigenvalue weighted by atomic mass is 16.2. The number of nitrogens with zero attached hydrogens (tertiary/aromatic N) is 5. The minimum absolute atomic E-state index is 0.0496.